The fourth-order valence-corrected chi connectivity index (χ4v) is 6.00. The lowest BCUT2D eigenvalue weighted by molar-refractivity contribution is 0.328. The van der Waals surface area contributed by atoms with Crippen molar-refractivity contribution in [2.75, 3.05) is 17.8 Å². The first-order valence-corrected chi connectivity index (χ1v) is 12.2. The van der Waals surface area contributed by atoms with Crippen LogP contribution in [-0.4, -0.2) is 36.4 Å². The largest absolute Gasteiger partial charge is 0.361 e. The normalized spacial score (nSPS) is 17.5. The third-order valence-corrected chi connectivity index (χ3v) is 8.28. The first-order valence-electron chi connectivity index (χ1n) is 9.87. The molecule has 2 aromatic carbocycles. The zero-order valence-electron chi connectivity index (χ0n) is 16.3. The van der Waals surface area contributed by atoms with E-state index in [1.807, 2.05) is 18.2 Å². The van der Waals surface area contributed by atoms with Gasteiger partial charge in [0.25, 0.3) is 10.0 Å². The highest BCUT2D eigenvalue weighted by Gasteiger charge is 2.25. The lowest BCUT2D eigenvalue weighted by Crippen LogP contribution is -2.19. The average Bonchev–Trinajstić information content (AvgIpc) is 3.50. The van der Waals surface area contributed by atoms with Crippen LogP contribution < -0.4 is 4.72 Å². The lowest BCUT2D eigenvalue weighted by Gasteiger charge is -2.16. The van der Waals surface area contributed by atoms with Crippen LogP contribution in [0.4, 0.5) is 5.69 Å². The fraction of sp³-hybridized carbons (Fsp3) is 0.227. The second-order valence-electron chi connectivity index (χ2n) is 7.63. The van der Waals surface area contributed by atoms with Gasteiger partial charge in [0.15, 0.2) is 4.21 Å². The summed E-state index contributed by atoms with van der Waals surface area (Å²) in [4.78, 5) is 9.68. The SMILES string of the molecule is O=S(=O)(Nc1cccc(C2CCN(Cc3c[nH]c4ccccc34)C2)c1)c1cncs1. The van der Waals surface area contributed by atoms with Crippen LogP contribution in [0.3, 0.4) is 0 Å². The number of sulfonamides is 1. The number of thiazole rings is 1. The quantitative estimate of drug-likeness (QED) is 0.467. The molecule has 154 valence electrons. The Morgan fingerprint density at radius 3 is 2.97 bits per heavy atom. The molecule has 1 aliphatic heterocycles. The van der Waals surface area contributed by atoms with Crippen LogP contribution in [0.25, 0.3) is 10.9 Å². The van der Waals surface area contributed by atoms with Gasteiger partial charge in [0.2, 0.25) is 0 Å². The minimum Gasteiger partial charge on any atom is -0.361 e. The standard InChI is InChI=1S/C22H22N4O2S2/c27-30(28,22-12-23-15-29-22)25-19-5-3-4-16(10-19)17-8-9-26(13-17)14-18-11-24-21-7-2-1-6-20(18)21/h1-7,10-12,15,17,24-25H,8-9,13-14H2. The summed E-state index contributed by atoms with van der Waals surface area (Å²) < 4.78 is 27.9. The second kappa shape index (κ2) is 7.86. The molecule has 2 aromatic heterocycles. The van der Waals surface area contributed by atoms with Gasteiger partial charge in [0, 0.05) is 35.9 Å². The summed E-state index contributed by atoms with van der Waals surface area (Å²) in [7, 11) is -3.58. The zero-order valence-corrected chi connectivity index (χ0v) is 17.9. The molecule has 1 fully saturated rings. The molecule has 5 rings (SSSR count). The van der Waals surface area contributed by atoms with Crippen molar-refractivity contribution in [3.05, 3.63) is 77.6 Å². The van der Waals surface area contributed by atoms with E-state index in [0.29, 0.717) is 11.6 Å². The van der Waals surface area contributed by atoms with Crippen LogP contribution in [0.1, 0.15) is 23.5 Å². The molecule has 3 heterocycles. The van der Waals surface area contributed by atoms with Gasteiger partial charge in [-0.15, -0.1) is 11.3 Å². The summed E-state index contributed by atoms with van der Waals surface area (Å²) in [5.41, 5.74) is 5.77. The van der Waals surface area contributed by atoms with Crippen molar-refractivity contribution < 1.29 is 8.42 Å². The van der Waals surface area contributed by atoms with Gasteiger partial charge in [-0.2, -0.15) is 0 Å². The highest BCUT2D eigenvalue weighted by molar-refractivity contribution is 7.94. The van der Waals surface area contributed by atoms with Gasteiger partial charge in [0.1, 0.15) is 0 Å². The Morgan fingerprint density at radius 2 is 2.10 bits per heavy atom. The van der Waals surface area contributed by atoms with E-state index in [4.69, 9.17) is 0 Å². The maximum atomic E-state index is 12.5. The number of benzene rings is 2. The molecular formula is C22H22N4O2S2. The number of anilines is 1. The Hall–Kier alpha value is -2.68. The Kier molecular flexibility index (Phi) is 5.06. The van der Waals surface area contributed by atoms with E-state index in [0.717, 1.165) is 37.4 Å². The van der Waals surface area contributed by atoms with Crippen molar-refractivity contribution in [2.24, 2.45) is 0 Å². The average molecular weight is 439 g/mol. The third-order valence-electron chi connectivity index (χ3n) is 5.63. The van der Waals surface area contributed by atoms with Gasteiger partial charge in [-0.1, -0.05) is 30.3 Å². The third kappa shape index (κ3) is 3.86. The lowest BCUT2D eigenvalue weighted by atomic mass is 9.98. The van der Waals surface area contributed by atoms with Gasteiger partial charge in [-0.25, -0.2) is 8.42 Å². The smallest absolute Gasteiger partial charge is 0.273 e. The number of hydrogen-bond acceptors (Lipinski definition) is 5. The summed E-state index contributed by atoms with van der Waals surface area (Å²) in [6.07, 6.45) is 4.54. The fourth-order valence-electron chi connectivity index (χ4n) is 4.15. The molecule has 1 aliphatic rings. The van der Waals surface area contributed by atoms with Gasteiger partial charge in [0.05, 0.1) is 11.7 Å². The van der Waals surface area contributed by atoms with Crippen LogP contribution >= 0.6 is 11.3 Å². The highest BCUT2D eigenvalue weighted by Crippen LogP contribution is 2.31. The number of rotatable bonds is 6. The topological polar surface area (TPSA) is 78.1 Å². The van der Waals surface area contributed by atoms with E-state index < -0.39 is 10.0 Å². The summed E-state index contributed by atoms with van der Waals surface area (Å²) >= 11 is 1.11. The number of aromatic nitrogens is 2. The first-order chi connectivity index (χ1) is 14.6. The van der Waals surface area contributed by atoms with Crippen molar-refractivity contribution in [1.29, 1.82) is 0 Å². The molecule has 1 atom stereocenters. The predicted molar refractivity (Wildman–Crippen MR) is 120 cm³/mol. The van der Waals surface area contributed by atoms with Crippen LogP contribution in [0.5, 0.6) is 0 Å². The number of aromatic amines is 1. The van der Waals surface area contributed by atoms with Crippen molar-refractivity contribution in [3.63, 3.8) is 0 Å². The first kappa shape index (κ1) is 19.3. The van der Waals surface area contributed by atoms with Crippen LogP contribution in [0.2, 0.25) is 0 Å². The van der Waals surface area contributed by atoms with Crippen LogP contribution in [-0.2, 0) is 16.6 Å². The molecule has 0 aliphatic carbocycles. The van der Waals surface area contributed by atoms with E-state index in [1.54, 1.807) is 6.07 Å². The monoisotopic (exact) mass is 438 g/mol. The number of nitrogens with zero attached hydrogens (tertiary/aromatic N) is 2. The molecule has 2 N–H and O–H groups in total. The molecule has 1 saturated heterocycles. The molecule has 1 unspecified atom stereocenters. The molecule has 0 radical (unpaired) electrons. The number of likely N-dealkylation sites (tertiary alicyclic amines) is 1. The van der Waals surface area contributed by atoms with Gasteiger partial charge in [-0.3, -0.25) is 14.6 Å². The highest BCUT2D eigenvalue weighted by atomic mass is 32.2. The van der Waals surface area contributed by atoms with Gasteiger partial charge in [-0.05, 0) is 48.2 Å². The van der Waals surface area contributed by atoms with Crippen molar-refractivity contribution >= 4 is 38.0 Å². The summed E-state index contributed by atoms with van der Waals surface area (Å²) in [5.74, 6) is 0.392. The minimum absolute atomic E-state index is 0.221. The van der Waals surface area contributed by atoms with Crippen molar-refractivity contribution in [2.45, 2.75) is 23.1 Å². The number of fused-ring (bicyclic) bond motifs is 1. The zero-order chi connectivity index (χ0) is 20.6. The molecule has 4 aromatic rings. The van der Waals surface area contributed by atoms with E-state index in [-0.39, 0.29) is 4.21 Å². The summed E-state index contributed by atoms with van der Waals surface area (Å²) in [6, 6.07) is 16.1. The minimum atomic E-state index is -3.58. The van der Waals surface area contributed by atoms with E-state index in [2.05, 4.69) is 50.1 Å². The van der Waals surface area contributed by atoms with Crippen molar-refractivity contribution in [1.82, 2.24) is 14.9 Å². The Bertz CT molecular complexity index is 1270. The number of hydrogen-bond donors (Lipinski definition) is 2. The van der Waals surface area contributed by atoms with E-state index >= 15 is 0 Å². The summed E-state index contributed by atoms with van der Waals surface area (Å²) in [6.45, 7) is 2.91. The van der Waals surface area contributed by atoms with E-state index in [9.17, 15) is 8.42 Å². The van der Waals surface area contributed by atoms with Gasteiger partial charge >= 0.3 is 0 Å². The molecule has 0 bridgehead atoms. The number of H-pyrrole nitrogens is 1. The molecule has 6 nitrogen and oxygen atoms in total. The van der Waals surface area contributed by atoms with Crippen LogP contribution in [0, 0.1) is 0 Å². The molecule has 30 heavy (non-hydrogen) atoms. The molecule has 0 spiro atoms. The Balaban J connectivity index is 1.28. The Morgan fingerprint density at radius 1 is 1.20 bits per heavy atom. The maximum absolute atomic E-state index is 12.5. The molecule has 0 amide bonds. The predicted octanol–water partition coefficient (Wildman–Crippen LogP) is 4.41. The summed E-state index contributed by atoms with van der Waals surface area (Å²) in [5, 5.41) is 1.28. The second-order valence-corrected chi connectivity index (χ2v) is 10.4. The molecule has 0 saturated carbocycles. The van der Waals surface area contributed by atoms with Crippen molar-refractivity contribution in [3.8, 4) is 0 Å². The number of nitrogens with one attached hydrogen (secondary N) is 2. The molecule has 8 heteroatoms. The van der Waals surface area contributed by atoms with E-state index in [1.165, 1.54) is 33.7 Å². The number of para-hydroxylation sites is 1. The van der Waals surface area contributed by atoms with Gasteiger partial charge < -0.3 is 4.98 Å². The molecular weight excluding hydrogens is 416 g/mol. The Labute approximate surface area is 179 Å². The van der Waals surface area contributed by atoms with Crippen LogP contribution in [0.15, 0.2) is 70.6 Å². The maximum Gasteiger partial charge on any atom is 0.273 e.